The predicted octanol–water partition coefficient (Wildman–Crippen LogP) is 6.92. The number of ether oxygens (including phenoxy) is 2. The Morgan fingerprint density at radius 3 is 2.61 bits per heavy atom. The van der Waals surface area contributed by atoms with Gasteiger partial charge in [-0.15, -0.1) is 0 Å². The largest absolute Gasteiger partial charge is 0.500 e. The first-order valence-electron chi connectivity index (χ1n) is 14.0. The number of likely N-dealkylation sites (N-methyl/N-ethyl adjacent to an activating group) is 1. The summed E-state index contributed by atoms with van der Waals surface area (Å²) in [5, 5.41) is 0. The van der Waals surface area contributed by atoms with Crippen LogP contribution in [-0.2, 0) is 9.47 Å². The molecule has 2 atom stereocenters. The Morgan fingerprint density at radius 1 is 1.11 bits per heavy atom. The number of amidine groups is 1. The van der Waals surface area contributed by atoms with Gasteiger partial charge in [0.2, 0.25) is 0 Å². The lowest BCUT2D eigenvalue weighted by Crippen LogP contribution is -2.32. The summed E-state index contributed by atoms with van der Waals surface area (Å²) in [6, 6.07) is 0. The van der Waals surface area contributed by atoms with Crippen molar-refractivity contribution in [1.29, 1.82) is 0 Å². The highest BCUT2D eigenvalue weighted by Crippen LogP contribution is 2.44. The molecule has 0 aromatic carbocycles. The van der Waals surface area contributed by atoms with E-state index >= 15 is 0 Å². The first kappa shape index (κ1) is 32.2. The zero-order valence-electron chi connectivity index (χ0n) is 24.4. The molecule has 206 valence electrons. The Hall–Kier alpha value is -1.85. The van der Waals surface area contributed by atoms with Crippen molar-refractivity contribution in [1.82, 2.24) is 4.90 Å². The minimum absolute atomic E-state index is 0.398. The molecule has 36 heavy (non-hydrogen) atoms. The first-order valence-corrected chi connectivity index (χ1v) is 14.0. The van der Waals surface area contributed by atoms with Crippen LogP contribution in [0.25, 0.3) is 0 Å². The van der Waals surface area contributed by atoms with E-state index in [-0.39, 0.29) is 0 Å². The van der Waals surface area contributed by atoms with Gasteiger partial charge in [-0.25, -0.2) is 0 Å². The summed E-state index contributed by atoms with van der Waals surface area (Å²) < 4.78 is 11.2. The van der Waals surface area contributed by atoms with Gasteiger partial charge in [-0.05, 0) is 69.5 Å². The molecule has 0 bridgehead atoms. The fraction of sp³-hybridized carbons (Fsp3) is 0.710. The second kappa shape index (κ2) is 18.4. The van der Waals surface area contributed by atoms with Gasteiger partial charge in [-0.1, -0.05) is 76.5 Å². The molecule has 0 aromatic rings. The van der Waals surface area contributed by atoms with E-state index in [0.29, 0.717) is 30.2 Å². The van der Waals surface area contributed by atoms with Crippen LogP contribution < -0.4 is 5.73 Å². The number of nitrogens with two attached hydrogens (primary N) is 1. The predicted molar refractivity (Wildman–Crippen MR) is 156 cm³/mol. The average Bonchev–Trinajstić information content (AvgIpc) is 2.81. The monoisotopic (exact) mass is 501 g/mol. The second-order valence-corrected chi connectivity index (χ2v) is 11.1. The smallest absolute Gasteiger partial charge is 0.0971 e. The van der Waals surface area contributed by atoms with Gasteiger partial charge >= 0.3 is 0 Å². The molecule has 1 aliphatic carbocycles. The molecule has 0 heterocycles. The van der Waals surface area contributed by atoms with Crippen LogP contribution in [0, 0.1) is 17.3 Å². The average molecular weight is 502 g/mol. The molecule has 1 rings (SSSR count). The zero-order valence-corrected chi connectivity index (χ0v) is 24.4. The van der Waals surface area contributed by atoms with Crippen LogP contribution in [0.3, 0.4) is 0 Å². The molecule has 0 radical (unpaired) electrons. The van der Waals surface area contributed by atoms with Gasteiger partial charge in [-0.3, -0.25) is 4.99 Å². The molecule has 1 aliphatic rings. The van der Waals surface area contributed by atoms with Crippen LogP contribution in [0.1, 0.15) is 80.1 Å². The number of allylic oxidation sites excluding steroid dienone is 7. The summed E-state index contributed by atoms with van der Waals surface area (Å²) in [5.41, 5.74) is 8.77. The maximum atomic E-state index is 6.03. The molecular formula is C31H55N3O2. The standard InChI is InChI=1S/C31H55N3O2/c1-8-22-35-24-21-34(7)20-11-19-33-30(32)17-23-36-25-27(3)13-9-12-26(2)15-16-29-28(4)14-10-18-31(29,5)6/h9,12-13,15-16,25,28-29H,8,10-11,14,17-24H2,1-7H3,(H2,32,33)/b13-9+,16-15+,26-12+,27-25+. The Balaban J connectivity index is 2.28. The molecule has 5 nitrogen and oxygen atoms in total. The van der Waals surface area contributed by atoms with Crippen LogP contribution >= 0.6 is 0 Å². The molecule has 0 aromatic heterocycles. The normalized spacial score (nSPS) is 21.7. The molecule has 5 heteroatoms. The van der Waals surface area contributed by atoms with Crippen molar-refractivity contribution in [2.45, 2.75) is 80.1 Å². The second-order valence-electron chi connectivity index (χ2n) is 11.1. The van der Waals surface area contributed by atoms with Gasteiger partial charge in [0.1, 0.15) is 0 Å². The van der Waals surface area contributed by atoms with E-state index in [1.165, 1.54) is 24.8 Å². The zero-order chi connectivity index (χ0) is 26.8. The summed E-state index contributed by atoms with van der Waals surface area (Å²) in [6.45, 7) is 18.4. The van der Waals surface area contributed by atoms with E-state index in [1.54, 1.807) is 6.26 Å². The van der Waals surface area contributed by atoms with Gasteiger partial charge in [0.05, 0.1) is 25.3 Å². The van der Waals surface area contributed by atoms with Crippen molar-refractivity contribution in [3.63, 3.8) is 0 Å². The fourth-order valence-electron chi connectivity index (χ4n) is 4.72. The van der Waals surface area contributed by atoms with Gasteiger partial charge in [0.25, 0.3) is 0 Å². The fourth-order valence-corrected chi connectivity index (χ4v) is 4.72. The third kappa shape index (κ3) is 14.6. The minimum atomic E-state index is 0.398. The number of nitrogens with zero attached hydrogens (tertiary/aromatic N) is 2. The number of hydrogen-bond acceptors (Lipinski definition) is 4. The summed E-state index contributed by atoms with van der Waals surface area (Å²) in [6.07, 6.45) is 19.6. The molecule has 2 N–H and O–H groups in total. The van der Waals surface area contributed by atoms with Crippen LogP contribution in [0.15, 0.2) is 52.8 Å². The summed E-state index contributed by atoms with van der Waals surface area (Å²) >= 11 is 0. The van der Waals surface area contributed by atoms with Crippen LogP contribution in [0.2, 0.25) is 0 Å². The third-order valence-electron chi connectivity index (χ3n) is 7.00. The molecule has 0 amide bonds. The molecule has 0 saturated heterocycles. The summed E-state index contributed by atoms with van der Waals surface area (Å²) in [5.74, 6) is 2.07. The van der Waals surface area contributed by atoms with E-state index in [1.807, 2.05) is 6.92 Å². The van der Waals surface area contributed by atoms with Crippen molar-refractivity contribution in [3.05, 3.63) is 47.8 Å². The van der Waals surface area contributed by atoms with Crippen molar-refractivity contribution in [3.8, 4) is 0 Å². The minimum Gasteiger partial charge on any atom is -0.500 e. The number of aliphatic imine (C=N–C) groups is 1. The SMILES string of the molecule is CCCOCCN(C)CCCN=C(N)CCO/C=C(C)/C=C/C=C(C)/C=C/C1C(C)CCCC1(C)C. The third-order valence-corrected chi connectivity index (χ3v) is 7.00. The highest BCUT2D eigenvalue weighted by atomic mass is 16.5. The Kier molecular flexibility index (Phi) is 16.4. The highest BCUT2D eigenvalue weighted by molar-refractivity contribution is 5.80. The van der Waals surface area contributed by atoms with E-state index < -0.39 is 0 Å². The van der Waals surface area contributed by atoms with E-state index in [4.69, 9.17) is 15.2 Å². The molecular weight excluding hydrogens is 446 g/mol. The quantitative estimate of drug-likeness (QED) is 0.0772. The van der Waals surface area contributed by atoms with Gasteiger partial charge in [-0.2, -0.15) is 0 Å². The molecule has 1 saturated carbocycles. The number of rotatable bonds is 17. The molecule has 2 unspecified atom stereocenters. The summed E-state index contributed by atoms with van der Waals surface area (Å²) in [7, 11) is 2.12. The Bertz CT molecular complexity index is 749. The van der Waals surface area contributed by atoms with Crippen molar-refractivity contribution >= 4 is 5.84 Å². The molecule has 0 aliphatic heterocycles. The van der Waals surface area contributed by atoms with E-state index in [2.05, 4.69) is 81.9 Å². The molecule has 1 fully saturated rings. The van der Waals surface area contributed by atoms with Gasteiger partial charge < -0.3 is 20.1 Å². The Morgan fingerprint density at radius 2 is 1.89 bits per heavy atom. The van der Waals surface area contributed by atoms with E-state index in [9.17, 15) is 0 Å². The Labute approximate surface area is 222 Å². The van der Waals surface area contributed by atoms with Gasteiger partial charge in [0.15, 0.2) is 0 Å². The van der Waals surface area contributed by atoms with Crippen LogP contribution in [0.4, 0.5) is 0 Å². The maximum absolute atomic E-state index is 6.03. The lowest BCUT2D eigenvalue weighted by atomic mass is 9.64. The maximum Gasteiger partial charge on any atom is 0.0971 e. The van der Waals surface area contributed by atoms with E-state index in [0.717, 1.165) is 57.2 Å². The van der Waals surface area contributed by atoms with Gasteiger partial charge in [0, 0.05) is 26.1 Å². The number of hydrogen-bond donors (Lipinski definition) is 1. The topological polar surface area (TPSA) is 60.1 Å². The van der Waals surface area contributed by atoms with Crippen molar-refractivity contribution in [2.75, 3.05) is 46.5 Å². The first-order chi connectivity index (χ1) is 17.2. The summed E-state index contributed by atoms with van der Waals surface area (Å²) in [4.78, 5) is 6.74. The highest BCUT2D eigenvalue weighted by Gasteiger charge is 2.34. The van der Waals surface area contributed by atoms with Crippen LogP contribution in [-0.4, -0.2) is 57.2 Å². The van der Waals surface area contributed by atoms with Crippen LogP contribution in [0.5, 0.6) is 0 Å². The molecule has 0 spiro atoms. The lowest BCUT2D eigenvalue weighted by Gasteiger charge is -2.41. The van der Waals surface area contributed by atoms with Crippen molar-refractivity contribution < 1.29 is 9.47 Å². The van der Waals surface area contributed by atoms with Crippen molar-refractivity contribution in [2.24, 2.45) is 28.0 Å². The lowest BCUT2D eigenvalue weighted by molar-refractivity contribution is 0.112.